The number of carbonyl (C=O) groups excluding carboxylic acids is 2. The van der Waals surface area contributed by atoms with Crippen molar-refractivity contribution >= 4 is 50.3 Å². The van der Waals surface area contributed by atoms with Crippen molar-refractivity contribution in [1.82, 2.24) is 4.98 Å². The number of fused-ring (bicyclic) bond motifs is 1. The normalized spacial score (nSPS) is 10.7. The fraction of sp³-hybridized carbons (Fsp3) is 0.211. The third-order valence-corrected chi connectivity index (χ3v) is 5.44. The number of amides is 1. The second kappa shape index (κ2) is 8.33. The Morgan fingerprint density at radius 1 is 1.19 bits per heavy atom. The number of hydrogen-bond acceptors (Lipinski definition) is 6. The molecule has 0 atom stereocenters. The lowest BCUT2D eigenvalue weighted by atomic mass is 10.2. The average Bonchev–Trinajstić information content (AvgIpc) is 3.04. The average molecular weight is 386 g/mol. The first-order valence-corrected chi connectivity index (χ1v) is 10.0. The molecule has 0 aliphatic rings. The van der Waals surface area contributed by atoms with Crippen LogP contribution in [-0.2, 0) is 4.74 Å². The molecule has 2 aromatic carbocycles. The minimum atomic E-state index is -0.362. The van der Waals surface area contributed by atoms with Gasteiger partial charge in [-0.15, -0.1) is 11.8 Å². The van der Waals surface area contributed by atoms with Crippen LogP contribution in [0, 0.1) is 0 Å². The molecule has 0 unspecified atom stereocenters. The van der Waals surface area contributed by atoms with Gasteiger partial charge in [0, 0.05) is 4.90 Å². The van der Waals surface area contributed by atoms with Gasteiger partial charge in [0.15, 0.2) is 5.13 Å². The van der Waals surface area contributed by atoms with Crippen LogP contribution < -0.4 is 5.32 Å². The van der Waals surface area contributed by atoms with Crippen molar-refractivity contribution in [2.75, 3.05) is 17.7 Å². The van der Waals surface area contributed by atoms with E-state index >= 15 is 0 Å². The minimum Gasteiger partial charge on any atom is -0.462 e. The molecule has 0 saturated carbocycles. The molecule has 5 nitrogen and oxygen atoms in total. The molecule has 0 aliphatic carbocycles. The van der Waals surface area contributed by atoms with Gasteiger partial charge in [-0.05, 0) is 43.0 Å². The summed E-state index contributed by atoms with van der Waals surface area (Å²) in [5, 5.41) is 3.36. The smallest absolute Gasteiger partial charge is 0.338 e. The van der Waals surface area contributed by atoms with Gasteiger partial charge in [-0.3, -0.25) is 10.1 Å². The van der Waals surface area contributed by atoms with Gasteiger partial charge in [0.1, 0.15) is 0 Å². The topological polar surface area (TPSA) is 68.3 Å². The predicted octanol–water partition coefficient (Wildman–Crippen LogP) is 4.84. The van der Waals surface area contributed by atoms with Crippen molar-refractivity contribution in [2.24, 2.45) is 0 Å². The highest BCUT2D eigenvalue weighted by Crippen LogP contribution is 2.29. The van der Waals surface area contributed by atoms with E-state index < -0.39 is 0 Å². The standard InChI is InChI=1S/C19H18N2O3S2/c1-3-24-18(23)12-9-10-14-16(11-12)26-19(20-14)21-17(22)13-7-5-6-8-15(13)25-4-2/h5-11H,3-4H2,1-2H3,(H,20,21,22). The van der Waals surface area contributed by atoms with Crippen molar-refractivity contribution < 1.29 is 14.3 Å². The Morgan fingerprint density at radius 3 is 2.77 bits per heavy atom. The number of ether oxygens (including phenoxy) is 1. The molecule has 1 heterocycles. The number of hydrogen-bond donors (Lipinski definition) is 1. The lowest BCUT2D eigenvalue weighted by Crippen LogP contribution is -2.12. The number of esters is 1. The van der Waals surface area contributed by atoms with Gasteiger partial charge in [0.25, 0.3) is 5.91 Å². The summed E-state index contributed by atoms with van der Waals surface area (Å²) in [6.07, 6.45) is 0. The number of aromatic nitrogens is 1. The van der Waals surface area contributed by atoms with Crippen LogP contribution in [0.15, 0.2) is 47.4 Å². The highest BCUT2D eigenvalue weighted by molar-refractivity contribution is 7.99. The Hall–Kier alpha value is -2.38. The summed E-state index contributed by atoms with van der Waals surface area (Å²) in [4.78, 5) is 29.8. The van der Waals surface area contributed by atoms with Crippen molar-refractivity contribution in [2.45, 2.75) is 18.7 Å². The number of benzene rings is 2. The summed E-state index contributed by atoms with van der Waals surface area (Å²) in [6.45, 7) is 4.15. The fourth-order valence-electron chi connectivity index (χ4n) is 2.42. The maximum absolute atomic E-state index is 12.6. The van der Waals surface area contributed by atoms with Gasteiger partial charge in [0.05, 0.1) is 28.0 Å². The highest BCUT2D eigenvalue weighted by Gasteiger charge is 2.15. The first-order valence-electron chi connectivity index (χ1n) is 8.23. The zero-order valence-electron chi connectivity index (χ0n) is 14.4. The third-order valence-electron chi connectivity index (χ3n) is 3.55. The van der Waals surface area contributed by atoms with Crippen LogP contribution in [-0.4, -0.2) is 29.2 Å². The number of nitrogens with zero attached hydrogens (tertiary/aromatic N) is 1. The predicted molar refractivity (Wildman–Crippen MR) is 106 cm³/mol. The molecule has 3 aromatic rings. The van der Waals surface area contributed by atoms with Crippen LogP contribution in [0.4, 0.5) is 5.13 Å². The molecule has 26 heavy (non-hydrogen) atoms. The lowest BCUT2D eigenvalue weighted by molar-refractivity contribution is 0.0526. The fourth-order valence-corrected chi connectivity index (χ4v) is 4.12. The van der Waals surface area contributed by atoms with Crippen molar-refractivity contribution in [3.8, 4) is 0 Å². The summed E-state index contributed by atoms with van der Waals surface area (Å²) in [5.74, 6) is 0.340. The van der Waals surface area contributed by atoms with E-state index in [-0.39, 0.29) is 11.9 Å². The largest absolute Gasteiger partial charge is 0.462 e. The molecule has 1 aromatic heterocycles. The monoisotopic (exact) mass is 386 g/mol. The Morgan fingerprint density at radius 2 is 2.00 bits per heavy atom. The molecule has 0 radical (unpaired) electrons. The second-order valence-corrected chi connectivity index (χ2v) is 7.64. The zero-order chi connectivity index (χ0) is 18.5. The van der Waals surface area contributed by atoms with Gasteiger partial charge in [-0.25, -0.2) is 9.78 Å². The quantitative estimate of drug-likeness (QED) is 0.485. The summed E-state index contributed by atoms with van der Waals surface area (Å²) in [7, 11) is 0. The van der Waals surface area contributed by atoms with Crippen molar-refractivity contribution in [1.29, 1.82) is 0 Å². The van der Waals surface area contributed by atoms with E-state index in [9.17, 15) is 9.59 Å². The molecular formula is C19H18N2O3S2. The van der Waals surface area contributed by atoms with E-state index in [1.807, 2.05) is 25.1 Å². The Labute approximate surface area is 159 Å². The maximum atomic E-state index is 12.6. The van der Waals surface area contributed by atoms with E-state index in [1.54, 1.807) is 43.0 Å². The van der Waals surface area contributed by atoms with E-state index in [0.717, 1.165) is 20.9 Å². The van der Waals surface area contributed by atoms with Gasteiger partial charge in [-0.1, -0.05) is 30.4 Å². The Bertz CT molecular complexity index is 953. The van der Waals surface area contributed by atoms with Gasteiger partial charge >= 0.3 is 5.97 Å². The van der Waals surface area contributed by atoms with Gasteiger partial charge in [0.2, 0.25) is 0 Å². The number of carbonyl (C=O) groups is 2. The molecule has 3 rings (SSSR count). The molecule has 0 saturated heterocycles. The molecule has 0 aliphatic heterocycles. The van der Waals surface area contributed by atoms with Crippen LogP contribution in [0.25, 0.3) is 10.2 Å². The van der Waals surface area contributed by atoms with Crippen molar-refractivity contribution in [3.05, 3.63) is 53.6 Å². The SMILES string of the molecule is CCOC(=O)c1ccc2nc(NC(=O)c3ccccc3SCC)sc2c1. The van der Waals surface area contributed by atoms with Crippen LogP contribution in [0.5, 0.6) is 0 Å². The highest BCUT2D eigenvalue weighted by atomic mass is 32.2. The van der Waals surface area contributed by atoms with Crippen LogP contribution >= 0.6 is 23.1 Å². The first-order chi connectivity index (χ1) is 12.6. The molecular weight excluding hydrogens is 368 g/mol. The molecule has 0 bridgehead atoms. The lowest BCUT2D eigenvalue weighted by Gasteiger charge is -2.07. The summed E-state index contributed by atoms with van der Waals surface area (Å²) in [5.41, 5.74) is 1.84. The number of nitrogens with one attached hydrogen (secondary N) is 1. The molecule has 134 valence electrons. The third kappa shape index (κ3) is 4.05. The molecule has 1 N–H and O–H groups in total. The first kappa shape index (κ1) is 18.4. The number of rotatable bonds is 6. The molecule has 7 heteroatoms. The summed E-state index contributed by atoms with van der Waals surface area (Å²) >= 11 is 2.96. The summed E-state index contributed by atoms with van der Waals surface area (Å²) in [6, 6.07) is 12.7. The van der Waals surface area contributed by atoms with E-state index in [2.05, 4.69) is 10.3 Å². The number of thioether (sulfide) groups is 1. The van der Waals surface area contributed by atoms with E-state index in [1.165, 1.54) is 11.3 Å². The molecule has 0 spiro atoms. The van der Waals surface area contributed by atoms with E-state index in [0.29, 0.717) is 22.9 Å². The Balaban J connectivity index is 1.83. The second-order valence-electron chi connectivity index (χ2n) is 5.31. The maximum Gasteiger partial charge on any atom is 0.338 e. The number of thiazole rings is 1. The van der Waals surface area contributed by atoms with Crippen molar-refractivity contribution in [3.63, 3.8) is 0 Å². The molecule has 1 amide bonds. The Kier molecular flexibility index (Phi) is 5.90. The van der Waals surface area contributed by atoms with Crippen LogP contribution in [0.1, 0.15) is 34.6 Å². The van der Waals surface area contributed by atoms with Crippen LogP contribution in [0.3, 0.4) is 0 Å². The van der Waals surface area contributed by atoms with Crippen LogP contribution in [0.2, 0.25) is 0 Å². The molecule has 0 fully saturated rings. The number of anilines is 1. The summed E-state index contributed by atoms with van der Waals surface area (Å²) < 4.78 is 5.84. The minimum absolute atomic E-state index is 0.189. The van der Waals surface area contributed by atoms with Gasteiger partial charge < -0.3 is 4.74 Å². The zero-order valence-corrected chi connectivity index (χ0v) is 16.1. The van der Waals surface area contributed by atoms with E-state index in [4.69, 9.17) is 4.74 Å². The van der Waals surface area contributed by atoms with Gasteiger partial charge in [-0.2, -0.15) is 0 Å².